The maximum absolute atomic E-state index is 12.6. The van der Waals surface area contributed by atoms with Crippen LogP contribution >= 0.6 is 0 Å². The topological polar surface area (TPSA) is 40.5 Å². The summed E-state index contributed by atoms with van der Waals surface area (Å²) in [6.45, 7) is 3.52. The number of aliphatic hydroxyl groups excluding tert-OH is 1. The molecule has 2 rings (SSSR count). The second-order valence-electron chi connectivity index (χ2n) is 5.14. The number of benzene rings is 1. The van der Waals surface area contributed by atoms with Crippen LogP contribution in [0.4, 0.5) is 0 Å². The maximum atomic E-state index is 12.6. The van der Waals surface area contributed by atoms with Gasteiger partial charge in [-0.25, -0.2) is 0 Å². The number of aryl methyl sites for hydroxylation is 1. The van der Waals surface area contributed by atoms with E-state index >= 15 is 0 Å². The van der Waals surface area contributed by atoms with Gasteiger partial charge >= 0.3 is 0 Å². The van der Waals surface area contributed by atoms with Crippen LogP contribution in [-0.4, -0.2) is 35.6 Å². The van der Waals surface area contributed by atoms with Crippen LogP contribution in [0.15, 0.2) is 24.3 Å². The van der Waals surface area contributed by atoms with E-state index in [1.165, 1.54) is 11.1 Å². The highest BCUT2D eigenvalue weighted by Crippen LogP contribution is 2.32. The molecule has 1 aliphatic carbocycles. The second kappa shape index (κ2) is 6.71. The lowest BCUT2D eigenvalue weighted by Crippen LogP contribution is -2.37. The van der Waals surface area contributed by atoms with Gasteiger partial charge in [-0.1, -0.05) is 24.3 Å². The van der Waals surface area contributed by atoms with Crippen LogP contribution in [0.3, 0.4) is 0 Å². The second-order valence-corrected chi connectivity index (χ2v) is 5.14. The fourth-order valence-electron chi connectivity index (χ4n) is 2.92. The molecular formula is C16H23NO2. The van der Waals surface area contributed by atoms with Crippen LogP contribution in [0.2, 0.25) is 0 Å². The number of amides is 1. The monoisotopic (exact) mass is 261 g/mol. The van der Waals surface area contributed by atoms with Gasteiger partial charge in [-0.2, -0.15) is 0 Å². The average molecular weight is 261 g/mol. The van der Waals surface area contributed by atoms with Gasteiger partial charge in [-0.15, -0.1) is 0 Å². The molecule has 0 fully saturated rings. The summed E-state index contributed by atoms with van der Waals surface area (Å²) in [4.78, 5) is 14.5. The van der Waals surface area contributed by atoms with Crippen molar-refractivity contribution in [2.24, 2.45) is 0 Å². The Morgan fingerprint density at radius 1 is 1.42 bits per heavy atom. The van der Waals surface area contributed by atoms with E-state index < -0.39 is 0 Å². The number of likely N-dealkylation sites (N-methyl/N-ethyl adjacent to an activating group) is 1. The molecule has 1 atom stereocenters. The van der Waals surface area contributed by atoms with E-state index in [1.54, 1.807) is 0 Å². The van der Waals surface area contributed by atoms with E-state index in [4.69, 9.17) is 5.11 Å². The quantitative estimate of drug-likeness (QED) is 0.883. The molecule has 1 aromatic rings. The summed E-state index contributed by atoms with van der Waals surface area (Å²) < 4.78 is 0. The van der Waals surface area contributed by atoms with Crippen LogP contribution in [0.1, 0.15) is 43.2 Å². The Balaban J connectivity index is 2.15. The highest BCUT2D eigenvalue weighted by Gasteiger charge is 2.28. The normalized spacial score (nSPS) is 17.9. The van der Waals surface area contributed by atoms with Crippen molar-refractivity contribution < 1.29 is 9.90 Å². The van der Waals surface area contributed by atoms with Crippen LogP contribution in [0.25, 0.3) is 0 Å². The number of fused-ring (bicyclic) bond motifs is 1. The van der Waals surface area contributed by atoms with Crippen LogP contribution in [0, 0.1) is 0 Å². The molecule has 0 spiro atoms. The summed E-state index contributed by atoms with van der Waals surface area (Å²) in [5.41, 5.74) is 2.53. The lowest BCUT2D eigenvalue weighted by molar-refractivity contribution is -0.133. The number of carbonyl (C=O) groups excluding carboxylic acids is 1. The van der Waals surface area contributed by atoms with E-state index in [1.807, 2.05) is 17.9 Å². The molecule has 0 aliphatic heterocycles. The van der Waals surface area contributed by atoms with Crippen molar-refractivity contribution in [3.8, 4) is 0 Å². The van der Waals surface area contributed by atoms with Gasteiger partial charge in [-0.05, 0) is 43.7 Å². The van der Waals surface area contributed by atoms with Gasteiger partial charge in [0.15, 0.2) is 0 Å². The highest BCUT2D eigenvalue weighted by molar-refractivity contribution is 5.84. The summed E-state index contributed by atoms with van der Waals surface area (Å²) in [5, 5.41) is 8.92. The Labute approximate surface area is 115 Å². The molecule has 1 aromatic carbocycles. The van der Waals surface area contributed by atoms with Crippen molar-refractivity contribution in [3.05, 3.63) is 35.4 Å². The van der Waals surface area contributed by atoms with Crippen molar-refractivity contribution in [3.63, 3.8) is 0 Å². The predicted octanol–water partition coefficient (Wildman–Crippen LogP) is 2.34. The Morgan fingerprint density at radius 3 is 2.95 bits per heavy atom. The maximum Gasteiger partial charge on any atom is 0.230 e. The third-order valence-electron chi connectivity index (χ3n) is 3.95. The van der Waals surface area contributed by atoms with Crippen molar-refractivity contribution in [1.29, 1.82) is 0 Å². The fraction of sp³-hybridized carbons (Fsp3) is 0.562. The molecule has 1 unspecified atom stereocenters. The molecule has 1 aliphatic rings. The van der Waals surface area contributed by atoms with Crippen molar-refractivity contribution in [1.82, 2.24) is 4.90 Å². The molecule has 3 nitrogen and oxygen atoms in total. The van der Waals surface area contributed by atoms with Crippen molar-refractivity contribution in [2.75, 3.05) is 19.7 Å². The van der Waals surface area contributed by atoms with E-state index in [-0.39, 0.29) is 18.4 Å². The molecule has 3 heteroatoms. The van der Waals surface area contributed by atoms with Gasteiger partial charge in [0.05, 0.1) is 5.92 Å². The SMILES string of the molecule is CCN(CCCO)C(=O)C1CCCc2ccccc21. The van der Waals surface area contributed by atoms with E-state index in [9.17, 15) is 4.79 Å². The number of aliphatic hydroxyl groups is 1. The first-order valence-electron chi connectivity index (χ1n) is 7.25. The third kappa shape index (κ3) is 3.16. The minimum Gasteiger partial charge on any atom is -0.396 e. The van der Waals surface area contributed by atoms with Crippen molar-refractivity contribution in [2.45, 2.75) is 38.5 Å². The smallest absolute Gasteiger partial charge is 0.230 e. The van der Waals surface area contributed by atoms with Crippen LogP contribution in [0.5, 0.6) is 0 Å². The van der Waals surface area contributed by atoms with Gasteiger partial charge in [0, 0.05) is 19.7 Å². The molecule has 0 heterocycles. The lowest BCUT2D eigenvalue weighted by atomic mass is 9.82. The molecule has 0 bridgehead atoms. The minimum absolute atomic E-state index is 0.0172. The van der Waals surface area contributed by atoms with Gasteiger partial charge in [-0.3, -0.25) is 4.79 Å². The Bertz CT molecular complexity index is 431. The highest BCUT2D eigenvalue weighted by atomic mass is 16.3. The Morgan fingerprint density at radius 2 is 2.21 bits per heavy atom. The number of nitrogens with zero attached hydrogens (tertiary/aromatic N) is 1. The van der Waals surface area contributed by atoms with Gasteiger partial charge in [0.25, 0.3) is 0 Å². The standard InChI is InChI=1S/C16H23NO2/c1-2-17(11-6-12-18)16(19)15-10-5-8-13-7-3-4-9-14(13)15/h3-4,7,9,15,18H,2,5-6,8,10-12H2,1H3. The predicted molar refractivity (Wildman–Crippen MR) is 76.1 cm³/mol. The van der Waals surface area contributed by atoms with Gasteiger partial charge in [0.1, 0.15) is 0 Å². The van der Waals surface area contributed by atoms with Gasteiger partial charge < -0.3 is 10.0 Å². The molecule has 0 radical (unpaired) electrons. The summed E-state index contributed by atoms with van der Waals surface area (Å²) in [6.07, 6.45) is 3.78. The molecule has 1 amide bonds. The summed E-state index contributed by atoms with van der Waals surface area (Å²) in [7, 11) is 0. The molecule has 0 saturated carbocycles. The van der Waals surface area contributed by atoms with Crippen LogP contribution < -0.4 is 0 Å². The first-order valence-corrected chi connectivity index (χ1v) is 7.25. The zero-order valence-electron chi connectivity index (χ0n) is 11.6. The summed E-state index contributed by atoms with van der Waals surface area (Å²) in [6, 6.07) is 8.30. The molecule has 0 aromatic heterocycles. The Kier molecular flexibility index (Phi) is 4.97. The average Bonchev–Trinajstić information content (AvgIpc) is 2.47. The van der Waals surface area contributed by atoms with E-state index in [0.717, 1.165) is 25.8 Å². The molecule has 19 heavy (non-hydrogen) atoms. The summed E-state index contributed by atoms with van der Waals surface area (Å²) in [5.74, 6) is 0.242. The largest absolute Gasteiger partial charge is 0.396 e. The van der Waals surface area contributed by atoms with E-state index in [0.29, 0.717) is 13.0 Å². The molecule has 104 valence electrons. The minimum atomic E-state index is 0.0172. The van der Waals surface area contributed by atoms with Crippen molar-refractivity contribution >= 4 is 5.91 Å². The number of rotatable bonds is 5. The number of carbonyl (C=O) groups is 1. The fourth-order valence-corrected chi connectivity index (χ4v) is 2.92. The molecular weight excluding hydrogens is 238 g/mol. The zero-order valence-corrected chi connectivity index (χ0v) is 11.6. The Hall–Kier alpha value is -1.35. The molecule has 0 saturated heterocycles. The zero-order chi connectivity index (χ0) is 13.7. The number of hydrogen-bond acceptors (Lipinski definition) is 2. The van der Waals surface area contributed by atoms with Crippen LogP contribution in [-0.2, 0) is 11.2 Å². The van der Waals surface area contributed by atoms with E-state index in [2.05, 4.69) is 18.2 Å². The first-order chi connectivity index (χ1) is 9.27. The lowest BCUT2D eigenvalue weighted by Gasteiger charge is -2.30. The first kappa shape index (κ1) is 14.1. The number of hydrogen-bond donors (Lipinski definition) is 1. The van der Waals surface area contributed by atoms with Gasteiger partial charge in [0.2, 0.25) is 5.91 Å². The molecule has 1 N–H and O–H groups in total. The third-order valence-corrected chi connectivity index (χ3v) is 3.95. The summed E-state index contributed by atoms with van der Waals surface area (Å²) >= 11 is 0.